The lowest BCUT2D eigenvalue weighted by Gasteiger charge is -2.36. The van der Waals surface area contributed by atoms with Crippen LogP contribution in [0.1, 0.15) is 13.3 Å². The molecule has 2 aliphatic heterocycles. The molecule has 1 aromatic heterocycles. The van der Waals surface area contributed by atoms with Crippen LogP contribution in [0, 0.1) is 11.8 Å². The van der Waals surface area contributed by atoms with Crippen molar-refractivity contribution in [1.82, 2.24) is 9.97 Å². The summed E-state index contributed by atoms with van der Waals surface area (Å²) in [4.78, 5) is 24.5. The van der Waals surface area contributed by atoms with Gasteiger partial charge in [0.2, 0.25) is 5.95 Å². The van der Waals surface area contributed by atoms with E-state index >= 15 is 0 Å². The van der Waals surface area contributed by atoms with Gasteiger partial charge in [-0.2, -0.15) is 4.98 Å². The van der Waals surface area contributed by atoms with E-state index in [1.807, 2.05) is 6.07 Å². The van der Waals surface area contributed by atoms with Crippen molar-refractivity contribution in [3.63, 3.8) is 0 Å². The SMILES string of the molecule is CC1CC(C(=O)O)CN(c2ccnc(N3CCOCC3)n2)C1. The predicted molar refractivity (Wildman–Crippen MR) is 82.2 cm³/mol. The van der Waals surface area contributed by atoms with Gasteiger partial charge in [0.15, 0.2) is 0 Å². The number of ether oxygens (including phenoxy) is 1. The van der Waals surface area contributed by atoms with Gasteiger partial charge in [-0.15, -0.1) is 0 Å². The van der Waals surface area contributed by atoms with Crippen molar-refractivity contribution < 1.29 is 14.6 Å². The van der Waals surface area contributed by atoms with Gasteiger partial charge in [-0.25, -0.2) is 4.98 Å². The summed E-state index contributed by atoms with van der Waals surface area (Å²) in [5.41, 5.74) is 0. The van der Waals surface area contributed by atoms with Gasteiger partial charge in [0.1, 0.15) is 5.82 Å². The molecule has 0 aromatic carbocycles. The van der Waals surface area contributed by atoms with Crippen molar-refractivity contribution in [2.45, 2.75) is 13.3 Å². The second-order valence-electron chi connectivity index (χ2n) is 6.10. The Hall–Kier alpha value is -1.89. The Morgan fingerprint density at radius 1 is 1.32 bits per heavy atom. The number of rotatable bonds is 3. The van der Waals surface area contributed by atoms with Crippen molar-refractivity contribution in [3.05, 3.63) is 12.3 Å². The number of piperidine rings is 1. The number of carbonyl (C=O) groups is 1. The lowest BCUT2D eigenvalue weighted by Crippen LogP contribution is -2.43. The molecule has 0 aliphatic carbocycles. The molecular weight excluding hydrogens is 284 g/mol. The van der Waals surface area contributed by atoms with E-state index in [2.05, 4.69) is 26.7 Å². The number of carboxylic acid groups (broad SMARTS) is 1. The molecule has 0 amide bonds. The van der Waals surface area contributed by atoms with Crippen LogP contribution in [0.15, 0.2) is 12.3 Å². The molecule has 2 saturated heterocycles. The maximum absolute atomic E-state index is 11.3. The molecule has 3 rings (SSSR count). The molecule has 2 fully saturated rings. The minimum Gasteiger partial charge on any atom is -0.481 e. The predicted octanol–water partition coefficient (Wildman–Crippen LogP) is 0.860. The second-order valence-corrected chi connectivity index (χ2v) is 6.10. The molecule has 0 spiro atoms. The highest BCUT2D eigenvalue weighted by molar-refractivity contribution is 5.71. The van der Waals surface area contributed by atoms with Crippen molar-refractivity contribution in [3.8, 4) is 0 Å². The first-order valence-electron chi connectivity index (χ1n) is 7.77. The third-order valence-corrected chi connectivity index (χ3v) is 4.26. The molecule has 120 valence electrons. The number of aliphatic carboxylic acids is 1. The van der Waals surface area contributed by atoms with E-state index in [1.54, 1.807) is 6.20 Å². The van der Waals surface area contributed by atoms with Crippen LogP contribution in [0.25, 0.3) is 0 Å². The lowest BCUT2D eigenvalue weighted by atomic mass is 9.90. The number of hydrogen-bond donors (Lipinski definition) is 1. The summed E-state index contributed by atoms with van der Waals surface area (Å²) >= 11 is 0. The van der Waals surface area contributed by atoms with E-state index in [0.29, 0.717) is 31.6 Å². The zero-order valence-electron chi connectivity index (χ0n) is 12.8. The molecular formula is C15H22N4O3. The van der Waals surface area contributed by atoms with Gasteiger partial charge < -0.3 is 19.6 Å². The highest BCUT2D eigenvalue weighted by Gasteiger charge is 2.30. The van der Waals surface area contributed by atoms with E-state index < -0.39 is 5.97 Å². The van der Waals surface area contributed by atoms with Crippen LogP contribution in [0.5, 0.6) is 0 Å². The van der Waals surface area contributed by atoms with Gasteiger partial charge in [-0.05, 0) is 18.4 Å². The number of nitrogens with zero attached hydrogens (tertiary/aromatic N) is 4. The van der Waals surface area contributed by atoms with E-state index in [4.69, 9.17) is 4.74 Å². The van der Waals surface area contributed by atoms with Gasteiger partial charge in [0.25, 0.3) is 0 Å². The van der Waals surface area contributed by atoms with Crippen LogP contribution in [0.2, 0.25) is 0 Å². The Morgan fingerprint density at radius 2 is 2.09 bits per heavy atom. The maximum Gasteiger partial charge on any atom is 0.308 e. The quantitative estimate of drug-likeness (QED) is 0.887. The maximum atomic E-state index is 11.3. The molecule has 0 bridgehead atoms. The second kappa shape index (κ2) is 6.48. The van der Waals surface area contributed by atoms with E-state index in [-0.39, 0.29) is 5.92 Å². The summed E-state index contributed by atoms with van der Waals surface area (Å²) in [6.45, 7) is 6.40. The van der Waals surface area contributed by atoms with Crippen LogP contribution in [-0.2, 0) is 9.53 Å². The summed E-state index contributed by atoms with van der Waals surface area (Å²) in [7, 11) is 0. The van der Waals surface area contributed by atoms with E-state index in [1.165, 1.54) is 0 Å². The van der Waals surface area contributed by atoms with Crippen LogP contribution in [0.4, 0.5) is 11.8 Å². The molecule has 2 aliphatic rings. The third kappa shape index (κ3) is 3.30. The Bertz CT molecular complexity index is 533. The zero-order valence-corrected chi connectivity index (χ0v) is 12.8. The van der Waals surface area contributed by atoms with Gasteiger partial charge in [-0.1, -0.05) is 6.92 Å². The minimum absolute atomic E-state index is 0.328. The number of carboxylic acids is 1. The molecule has 2 unspecified atom stereocenters. The highest BCUT2D eigenvalue weighted by Crippen LogP contribution is 2.26. The third-order valence-electron chi connectivity index (χ3n) is 4.26. The average Bonchev–Trinajstić information content (AvgIpc) is 2.55. The molecule has 22 heavy (non-hydrogen) atoms. The summed E-state index contributed by atoms with van der Waals surface area (Å²) in [5, 5.41) is 9.30. The van der Waals surface area contributed by atoms with Gasteiger partial charge in [0, 0.05) is 32.4 Å². The van der Waals surface area contributed by atoms with Crippen LogP contribution in [-0.4, -0.2) is 60.4 Å². The molecule has 2 atom stereocenters. The first-order chi connectivity index (χ1) is 10.6. The number of hydrogen-bond acceptors (Lipinski definition) is 6. The fourth-order valence-electron chi connectivity index (χ4n) is 3.15. The van der Waals surface area contributed by atoms with Crippen molar-refractivity contribution in [1.29, 1.82) is 0 Å². The zero-order chi connectivity index (χ0) is 15.5. The number of morpholine rings is 1. The summed E-state index contributed by atoms with van der Waals surface area (Å²) in [6.07, 6.45) is 2.48. The van der Waals surface area contributed by atoms with Crippen molar-refractivity contribution >= 4 is 17.7 Å². The minimum atomic E-state index is -0.723. The normalized spacial score (nSPS) is 26.0. The first kappa shape index (κ1) is 15.0. The van der Waals surface area contributed by atoms with Crippen LogP contribution in [0.3, 0.4) is 0 Å². The van der Waals surface area contributed by atoms with Crippen molar-refractivity contribution in [2.75, 3.05) is 49.2 Å². The largest absolute Gasteiger partial charge is 0.481 e. The number of anilines is 2. The van der Waals surface area contributed by atoms with Gasteiger partial charge in [0.05, 0.1) is 19.1 Å². The topological polar surface area (TPSA) is 78.8 Å². The highest BCUT2D eigenvalue weighted by atomic mass is 16.5. The van der Waals surface area contributed by atoms with Gasteiger partial charge >= 0.3 is 5.97 Å². The fourth-order valence-corrected chi connectivity index (χ4v) is 3.15. The molecule has 0 radical (unpaired) electrons. The monoisotopic (exact) mass is 306 g/mol. The summed E-state index contributed by atoms with van der Waals surface area (Å²) in [5.74, 6) is 0.807. The first-order valence-corrected chi connectivity index (χ1v) is 7.77. The van der Waals surface area contributed by atoms with E-state index in [0.717, 1.165) is 31.9 Å². The molecule has 0 saturated carbocycles. The summed E-state index contributed by atoms with van der Waals surface area (Å²) < 4.78 is 5.35. The van der Waals surface area contributed by atoms with Crippen LogP contribution >= 0.6 is 0 Å². The Balaban J connectivity index is 1.77. The smallest absolute Gasteiger partial charge is 0.308 e. The Labute approximate surface area is 129 Å². The Kier molecular flexibility index (Phi) is 4.42. The summed E-state index contributed by atoms with van der Waals surface area (Å²) in [6, 6.07) is 1.86. The fraction of sp³-hybridized carbons (Fsp3) is 0.667. The van der Waals surface area contributed by atoms with Gasteiger partial charge in [-0.3, -0.25) is 4.79 Å². The molecule has 7 heteroatoms. The average molecular weight is 306 g/mol. The van der Waals surface area contributed by atoms with E-state index in [9.17, 15) is 9.90 Å². The molecule has 7 nitrogen and oxygen atoms in total. The Morgan fingerprint density at radius 3 is 2.82 bits per heavy atom. The molecule has 1 N–H and O–H groups in total. The molecule has 3 heterocycles. The van der Waals surface area contributed by atoms with Crippen molar-refractivity contribution in [2.24, 2.45) is 11.8 Å². The number of aromatic nitrogens is 2. The lowest BCUT2D eigenvalue weighted by molar-refractivity contribution is -0.142. The van der Waals surface area contributed by atoms with Crippen LogP contribution < -0.4 is 9.80 Å². The standard InChI is InChI=1S/C15H22N4O3/c1-11-8-12(14(20)21)10-19(9-11)13-2-3-16-15(17-13)18-4-6-22-7-5-18/h2-3,11-12H,4-10H2,1H3,(H,20,21). The molecule has 1 aromatic rings.